The molecule has 2 aromatic rings. The van der Waals surface area contributed by atoms with Gasteiger partial charge in [0.2, 0.25) is 0 Å². The van der Waals surface area contributed by atoms with E-state index in [1.165, 1.54) is 5.56 Å². The van der Waals surface area contributed by atoms with E-state index in [0.717, 1.165) is 25.5 Å². The summed E-state index contributed by atoms with van der Waals surface area (Å²) in [5, 5.41) is 3.86. The van der Waals surface area contributed by atoms with Crippen LogP contribution in [0.25, 0.3) is 0 Å². The Morgan fingerprint density at radius 3 is 2.41 bits per heavy atom. The van der Waals surface area contributed by atoms with Gasteiger partial charge in [-0.2, -0.15) is 0 Å². The molecule has 0 spiro atoms. The third-order valence-corrected chi connectivity index (χ3v) is 3.91. The SMILES string of the molecule is CCN(CC)C(CNc1cc(Cl)nc(C)n1)c1ccccc1. The molecule has 0 aliphatic heterocycles. The molecule has 4 nitrogen and oxygen atoms in total. The number of hydrogen-bond acceptors (Lipinski definition) is 4. The third kappa shape index (κ3) is 4.42. The summed E-state index contributed by atoms with van der Waals surface area (Å²) >= 11 is 6.00. The smallest absolute Gasteiger partial charge is 0.134 e. The van der Waals surface area contributed by atoms with Crippen LogP contribution in [0.1, 0.15) is 31.3 Å². The Balaban J connectivity index is 2.16. The second-order valence-electron chi connectivity index (χ2n) is 5.15. The maximum Gasteiger partial charge on any atom is 0.134 e. The Labute approximate surface area is 137 Å². The Morgan fingerprint density at radius 2 is 1.82 bits per heavy atom. The summed E-state index contributed by atoms with van der Waals surface area (Å²) in [7, 11) is 0. The fourth-order valence-corrected chi connectivity index (χ4v) is 2.85. The van der Waals surface area contributed by atoms with Crippen LogP contribution in [-0.2, 0) is 0 Å². The summed E-state index contributed by atoms with van der Waals surface area (Å²) in [6.07, 6.45) is 0. The van der Waals surface area contributed by atoms with Gasteiger partial charge >= 0.3 is 0 Å². The molecule has 1 heterocycles. The number of likely N-dealkylation sites (N-methyl/N-ethyl adjacent to an activating group) is 1. The van der Waals surface area contributed by atoms with Gasteiger partial charge in [0.05, 0.1) is 6.04 Å². The zero-order valence-electron chi connectivity index (χ0n) is 13.4. The molecule has 1 unspecified atom stereocenters. The van der Waals surface area contributed by atoms with Crippen molar-refractivity contribution >= 4 is 17.4 Å². The van der Waals surface area contributed by atoms with Crippen molar-refractivity contribution in [3.63, 3.8) is 0 Å². The summed E-state index contributed by atoms with van der Waals surface area (Å²) < 4.78 is 0. The average molecular weight is 319 g/mol. The van der Waals surface area contributed by atoms with Crippen molar-refractivity contribution in [2.45, 2.75) is 26.8 Å². The van der Waals surface area contributed by atoms with E-state index in [1.54, 1.807) is 6.07 Å². The summed E-state index contributed by atoms with van der Waals surface area (Å²) in [5.74, 6) is 1.44. The second kappa shape index (κ2) is 8.11. The van der Waals surface area contributed by atoms with Crippen LogP contribution < -0.4 is 5.32 Å². The van der Waals surface area contributed by atoms with Crippen LogP contribution in [0, 0.1) is 6.92 Å². The van der Waals surface area contributed by atoms with Gasteiger partial charge in [0, 0.05) is 12.6 Å². The molecule has 2 rings (SSSR count). The van der Waals surface area contributed by atoms with Gasteiger partial charge in [-0.3, -0.25) is 4.90 Å². The lowest BCUT2D eigenvalue weighted by Gasteiger charge is -2.30. The third-order valence-electron chi connectivity index (χ3n) is 3.72. The molecule has 0 aliphatic rings. The molecule has 0 saturated carbocycles. The number of anilines is 1. The summed E-state index contributed by atoms with van der Waals surface area (Å²) in [5.41, 5.74) is 1.30. The highest BCUT2D eigenvalue weighted by atomic mass is 35.5. The Hall–Kier alpha value is -1.65. The largest absolute Gasteiger partial charge is 0.368 e. The Bertz CT molecular complexity index is 564. The molecule has 1 atom stereocenters. The maximum absolute atomic E-state index is 6.00. The van der Waals surface area contributed by atoms with E-state index >= 15 is 0 Å². The molecule has 22 heavy (non-hydrogen) atoms. The first-order valence-corrected chi connectivity index (χ1v) is 8.05. The summed E-state index contributed by atoms with van der Waals surface area (Å²) in [6, 6.07) is 12.6. The van der Waals surface area contributed by atoms with Crippen molar-refractivity contribution in [3.05, 3.63) is 52.9 Å². The summed E-state index contributed by atoms with van der Waals surface area (Å²) in [4.78, 5) is 10.9. The van der Waals surface area contributed by atoms with Crippen LogP contribution in [-0.4, -0.2) is 34.5 Å². The molecule has 0 radical (unpaired) electrons. The molecule has 0 aliphatic carbocycles. The molecule has 118 valence electrons. The van der Waals surface area contributed by atoms with Gasteiger partial charge in [-0.1, -0.05) is 55.8 Å². The monoisotopic (exact) mass is 318 g/mol. The van der Waals surface area contributed by atoms with Crippen LogP contribution >= 0.6 is 11.6 Å². The van der Waals surface area contributed by atoms with Crippen molar-refractivity contribution in [3.8, 4) is 0 Å². The first-order valence-electron chi connectivity index (χ1n) is 7.68. The zero-order valence-corrected chi connectivity index (χ0v) is 14.1. The lowest BCUT2D eigenvalue weighted by atomic mass is 10.1. The first kappa shape index (κ1) is 16.7. The predicted octanol–water partition coefficient (Wildman–Crippen LogP) is 3.93. The van der Waals surface area contributed by atoms with E-state index in [0.29, 0.717) is 17.0 Å². The molecular formula is C17H23ClN4. The van der Waals surface area contributed by atoms with Gasteiger partial charge < -0.3 is 5.32 Å². The molecule has 1 aromatic heterocycles. The van der Waals surface area contributed by atoms with Crippen molar-refractivity contribution in [2.75, 3.05) is 25.0 Å². The average Bonchev–Trinajstić information content (AvgIpc) is 2.51. The molecule has 0 amide bonds. The number of nitrogens with one attached hydrogen (secondary N) is 1. The van der Waals surface area contributed by atoms with E-state index in [9.17, 15) is 0 Å². The zero-order chi connectivity index (χ0) is 15.9. The molecule has 0 bridgehead atoms. The number of rotatable bonds is 7. The highest BCUT2D eigenvalue weighted by molar-refractivity contribution is 6.29. The number of aryl methyl sites for hydroxylation is 1. The number of hydrogen-bond donors (Lipinski definition) is 1. The molecule has 5 heteroatoms. The Kier molecular flexibility index (Phi) is 6.16. The van der Waals surface area contributed by atoms with Crippen LogP contribution in [0.4, 0.5) is 5.82 Å². The summed E-state index contributed by atoms with van der Waals surface area (Å²) in [6.45, 7) is 8.99. The van der Waals surface area contributed by atoms with Gasteiger partial charge in [0.1, 0.15) is 16.8 Å². The van der Waals surface area contributed by atoms with E-state index in [-0.39, 0.29) is 0 Å². The molecule has 0 fully saturated rings. The topological polar surface area (TPSA) is 41.0 Å². The minimum atomic E-state index is 0.297. The van der Waals surface area contributed by atoms with Gasteiger partial charge in [0.25, 0.3) is 0 Å². The number of halogens is 1. The lowest BCUT2D eigenvalue weighted by molar-refractivity contribution is 0.228. The lowest BCUT2D eigenvalue weighted by Crippen LogP contribution is -2.33. The predicted molar refractivity (Wildman–Crippen MR) is 92.4 cm³/mol. The fraction of sp³-hybridized carbons (Fsp3) is 0.412. The Morgan fingerprint density at radius 1 is 1.14 bits per heavy atom. The highest BCUT2D eigenvalue weighted by Gasteiger charge is 2.17. The second-order valence-corrected chi connectivity index (χ2v) is 5.54. The standard InChI is InChI=1S/C17H23ClN4/c1-4-22(5-2)15(14-9-7-6-8-10-14)12-19-17-11-16(18)20-13(3)21-17/h6-11,15H,4-5,12H2,1-3H3,(H,19,20,21). The minimum Gasteiger partial charge on any atom is -0.368 e. The van der Waals surface area contributed by atoms with Crippen LogP contribution in [0.3, 0.4) is 0 Å². The molecule has 1 aromatic carbocycles. The molecular weight excluding hydrogens is 296 g/mol. The van der Waals surface area contributed by atoms with E-state index in [4.69, 9.17) is 11.6 Å². The van der Waals surface area contributed by atoms with Crippen molar-refractivity contribution in [1.82, 2.24) is 14.9 Å². The minimum absolute atomic E-state index is 0.297. The van der Waals surface area contributed by atoms with E-state index in [2.05, 4.69) is 58.3 Å². The number of nitrogens with zero attached hydrogens (tertiary/aromatic N) is 3. The maximum atomic E-state index is 6.00. The van der Waals surface area contributed by atoms with Crippen molar-refractivity contribution in [2.24, 2.45) is 0 Å². The first-order chi connectivity index (χ1) is 10.6. The van der Waals surface area contributed by atoms with E-state index in [1.807, 2.05) is 13.0 Å². The number of benzene rings is 1. The van der Waals surface area contributed by atoms with Gasteiger partial charge in [-0.15, -0.1) is 0 Å². The molecule has 1 N–H and O–H groups in total. The number of aromatic nitrogens is 2. The highest BCUT2D eigenvalue weighted by Crippen LogP contribution is 2.21. The van der Waals surface area contributed by atoms with Crippen molar-refractivity contribution < 1.29 is 0 Å². The van der Waals surface area contributed by atoms with Crippen LogP contribution in [0.5, 0.6) is 0 Å². The normalized spacial score (nSPS) is 12.4. The van der Waals surface area contributed by atoms with Gasteiger partial charge in [0.15, 0.2) is 0 Å². The van der Waals surface area contributed by atoms with Crippen LogP contribution in [0.2, 0.25) is 5.15 Å². The van der Waals surface area contributed by atoms with Crippen molar-refractivity contribution in [1.29, 1.82) is 0 Å². The van der Waals surface area contributed by atoms with Gasteiger partial charge in [-0.25, -0.2) is 9.97 Å². The molecule has 0 saturated heterocycles. The quantitative estimate of drug-likeness (QED) is 0.785. The fourth-order valence-electron chi connectivity index (χ4n) is 2.62. The van der Waals surface area contributed by atoms with Gasteiger partial charge in [-0.05, 0) is 25.6 Å². The van der Waals surface area contributed by atoms with E-state index < -0.39 is 0 Å². The van der Waals surface area contributed by atoms with Crippen LogP contribution in [0.15, 0.2) is 36.4 Å².